The fraction of sp³-hybridized carbons (Fsp3) is 0.727. The summed E-state index contributed by atoms with van der Waals surface area (Å²) in [4.78, 5) is 112. The van der Waals surface area contributed by atoms with E-state index in [0.717, 1.165) is 44.9 Å². The number of hydrogen-bond donors (Lipinski definition) is 1. The molecule has 14 heteroatoms. The summed E-state index contributed by atoms with van der Waals surface area (Å²) >= 11 is 1.32. The standard InChI is InChI=1S/C44H63N3O10S/c1-43(2,3)57-37(52)23-29(48)22-30(27-12-9-8-10-13-27)41(54)47-25-34-31(24-44(4,5)56-34)39(47)33(50)21-28(20-26-15-16-26)40(53)32(49)17-18-36(51)45-38(42(55)46(6)7)35-14-11-19-58-35/h11,14,19,26-28,30-31,34,38-39H,8-10,12-13,15-18,20-25H2,1-7H3,(H,45,51)/t28?,30-,31-,34?,38-,39?/m0/s1. The summed E-state index contributed by atoms with van der Waals surface area (Å²) in [6.07, 6.45) is 5.17. The van der Waals surface area contributed by atoms with Gasteiger partial charge in [-0.2, -0.15) is 0 Å². The summed E-state index contributed by atoms with van der Waals surface area (Å²) < 4.78 is 11.8. The molecule has 0 aromatic carbocycles. The maximum atomic E-state index is 14.8. The lowest BCUT2D eigenvalue weighted by molar-refractivity contribution is -0.157. The Balaban J connectivity index is 1.31. The van der Waals surface area contributed by atoms with Crippen LogP contribution in [0, 0.1) is 29.6 Å². The Morgan fingerprint density at radius 3 is 2.28 bits per heavy atom. The molecule has 4 aliphatic rings. The number of carbonyl (C=O) groups excluding carboxylic acids is 8. The first-order valence-electron chi connectivity index (χ1n) is 21.1. The van der Waals surface area contributed by atoms with Gasteiger partial charge in [-0.1, -0.05) is 38.2 Å². The molecule has 2 saturated carbocycles. The molecule has 5 rings (SSSR count). The first kappa shape index (κ1) is 45.3. The largest absolute Gasteiger partial charge is 0.460 e. The number of ether oxygens (including phenoxy) is 2. The summed E-state index contributed by atoms with van der Waals surface area (Å²) in [6.45, 7) is 9.26. The lowest BCUT2D eigenvalue weighted by Crippen LogP contribution is -2.49. The maximum Gasteiger partial charge on any atom is 0.313 e. The Morgan fingerprint density at radius 1 is 0.983 bits per heavy atom. The molecular formula is C44H63N3O10S. The van der Waals surface area contributed by atoms with Gasteiger partial charge in [-0.15, -0.1) is 11.3 Å². The second-order valence-electron chi connectivity index (χ2n) is 18.8. The molecule has 4 fully saturated rings. The van der Waals surface area contributed by atoms with E-state index in [1.54, 1.807) is 57.3 Å². The first-order chi connectivity index (χ1) is 27.2. The number of ketones is 4. The van der Waals surface area contributed by atoms with Crippen LogP contribution in [0.5, 0.6) is 0 Å². The molecule has 2 aliphatic heterocycles. The molecule has 13 nitrogen and oxygen atoms in total. The van der Waals surface area contributed by atoms with Crippen LogP contribution in [0.25, 0.3) is 0 Å². The number of fused-ring (bicyclic) bond motifs is 1. The topological polar surface area (TPSA) is 174 Å². The van der Waals surface area contributed by atoms with Gasteiger partial charge in [0.1, 0.15) is 23.8 Å². The minimum absolute atomic E-state index is 0.0852. The van der Waals surface area contributed by atoms with Crippen molar-refractivity contribution in [3.05, 3.63) is 22.4 Å². The summed E-state index contributed by atoms with van der Waals surface area (Å²) in [5, 5.41) is 4.51. The molecule has 1 aromatic rings. The number of likely N-dealkylation sites (tertiary alicyclic amines) is 1. The lowest BCUT2D eigenvalue weighted by Gasteiger charge is -2.36. The fourth-order valence-electron chi connectivity index (χ4n) is 9.15. The molecule has 0 spiro atoms. The molecular weight excluding hydrogens is 763 g/mol. The minimum Gasteiger partial charge on any atom is -0.460 e. The number of esters is 1. The van der Waals surface area contributed by atoms with Gasteiger partial charge in [0.15, 0.2) is 11.6 Å². The molecule has 2 saturated heterocycles. The molecule has 1 aromatic heterocycles. The monoisotopic (exact) mass is 825 g/mol. The van der Waals surface area contributed by atoms with Crippen molar-refractivity contribution in [2.45, 2.75) is 154 Å². The van der Waals surface area contributed by atoms with E-state index >= 15 is 0 Å². The highest BCUT2D eigenvalue weighted by Crippen LogP contribution is 2.46. The van der Waals surface area contributed by atoms with E-state index in [4.69, 9.17) is 9.47 Å². The average Bonchev–Trinajstić information content (AvgIpc) is 3.51. The Kier molecular flexibility index (Phi) is 14.9. The van der Waals surface area contributed by atoms with E-state index in [2.05, 4.69) is 5.32 Å². The van der Waals surface area contributed by atoms with Crippen molar-refractivity contribution in [2.75, 3.05) is 20.6 Å². The van der Waals surface area contributed by atoms with Crippen LogP contribution in [-0.4, -0.2) is 101 Å². The highest BCUT2D eigenvalue weighted by molar-refractivity contribution is 7.10. The molecule has 320 valence electrons. The lowest BCUT2D eigenvalue weighted by atomic mass is 9.76. The van der Waals surface area contributed by atoms with E-state index in [9.17, 15) is 38.4 Å². The third kappa shape index (κ3) is 12.1. The van der Waals surface area contributed by atoms with Gasteiger partial charge in [-0.05, 0) is 83.6 Å². The first-order valence-corrected chi connectivity index (χ1v) is 22.0. The molecule has 1 N–H and O–H groups in total. The van der Waals surface area contributed by atoms with Crippen LogP contribution in [0.3, 0.4) is 0 Å². The molecule has 58 heavy (non-hydrogen) atoms. The molecule has 0 radical (unpaired) electrons. The van der Waals surface area contributed by atoms with Crippen LogP contribution >= 0.6 is 11.3 Å². The Bertz CT molecular complexity index is 1710. The zero-order valence-corrected chi connectivity index (χ0v) is 36.2. The molecule has 6 atom stereocenters. The van der Waals surface area contributed by atoms with Gasteiger partial charge in [-0.25, -0.2) is 0 Å². The third-order valence-corrected chi connectivity index (χ3v) is 12.9. The Labute approximate surface area is 346 Å². The predicted molar refractivity (Wildman–Crippen MR) is 216 cm³/mol. The number of thiophene rings is 1. The SMILES string of the molecule is CN(C)C(=O)[C@@H](NC(=O)CCC(=O)C(=O)C(CC(=O)C1[C@H]2CC(C)(C)OC2CN1C(=O)[C@@H](CC(=O)CC(=O)OC(C)(C)C)C1CCCCC1)CC1CC1)c1cccs1. The Morgan fingerprint density at radius 2 is 1.67 bits per heavy atom. The highest BCUT2D eigenvalue weighted by Gasteiger charge is 2.56. The average molecular weight is 826 g/mol. The molecule has 3 heterocycles. The van der Waals surface area contributed by atoms with E-state index in [1.807, 2.05) is 13.8 Å². The fourth-order valence-corrected chi connectivity index (χ4v) is 9.92. The third-order valence-electron chi connectivity index (χ3n) is 12.0. The maximum absolute atomic E-state index is 14.8. The van der Waals surface area contributed by atoms with Crippen molar-refractivity contribution in [1.29, 1.82) is 0 Å². The molecule has 2 aliphatic carbocycles. The van der Waals surface area contributed by atoms with Crippen molar-refractivity contribution in [2.24, 2.45) is 29.6 Å². The zero-order chi connectivity index (χ0) is 42.5. The van der Waals surface area contributed by atoms with Gasteiger partial charge in [0.25, 0.3) is 0 Å². The normalized spacial score (nSPS) is 23.3. The number of nitrogens with zero attached hydrogens (tertiary/aromatic N) is 2. The van der Waals surface area contributed by atoms with Crippen molar-refractivity contribution < 1.29 is 47.8 Å². The van der Waals surface area contributed by atoms with Crippen molar-refractivity contribution >= 4 is 58.2 Å². The van der Waals surface area contributed by atoms with Crippen LogP contribution in [0.15, 0.2) is 17.5 Å². The highest BCUT2D eigenvalue weighted by atomic mass is 32.1. The minimum atomic E-state index is -0.917. The second kappa shape index (κ2) is 19.1. The van der Waals surface area contributed by atoms with Crippen LogP contribution < -0.4 is 5.32 Å². The number of likely N-dealkylation sites (N-methyl/N-ethyl adjacent to an activating group) is 1. The number of hydrogen-bond acceptors (Lipinski definition) is 11. The number of Topliss-reactive ketones (excluding diaryl/α,β-unsaturated/α-hetero) is 4. The van der Waals surface area contributed by atoms with Crippen LogP contribution in [0.1, 0.15) is 135 Å². The van der Waals surface area contributed by atoms with Crippen LogP contribution in [0.4, 0.5) is 0 Å². The Hall–Kier alpha value is -3.78. The zero-order valence-electron chi connectivity index (χ0n) is 35.3. The number of rotatable bonds is 19. The van der Waals surface area contributed by atoms with Gasteiger partial charge < -0.3 is 24.6 Å². The molecule has 3 unspecified atom stereocenters. The number of nitrogens with one attached hydrogen (secondary N) is 1. The predicted octanol–water partition coefficient (Wildman–Crippen LogP) is 5.57. The van der Waals surface area contributed by atoms with Crippen molar-refractivity contribution in [3.8, 4) is 0 Å². The summed E-state index contributed by atoms with van der Waals surface area (Å²) in [5.41, 5.74) is -1.29. The molecule has 3 amide bonds. The summed E-state index contributed by atoms with van der Waals surface area (Å²) in [6, 6.07) is 1.70. The van der Waals surface area contributed by atoms with Gasteiger partial charge in [0, 0.05) is 69.0 Å². The van der Waals surface area contributed by atoms with E-state index < -0.39 is 71.1 Å². The van der Waals surface area contributed by atoms with E-state index in [1.165, 1.54) is 16.2 Å². The quantitative estimate of drug-likeness (QED) is 0.106. The summed E-state index contributed by atoms with van der Waals surface area (Å²) in [5.74, 6) is -5.78. The number of carbonyl (C=O) groups is 8. The van der Waals surface area contributed by atoms with E-state index in [-0.39, 0.29) is 73.4 Å². The molecule has 0 bridgehead atoms. The van der Waals surface area contributed by atoms with Crippen LogP contribution in [-0.2, 0) is 47.8 Å². The van der Waals surface area contributed by atoms with Crippen molar-refractivity contribution in [1.82, 2.24) is 15.1 Å². The van der Waals surface area contributed by atoms with Crippen molar-refractivity contribution in [3.63, 3.8) is 0 Å². The van der Waals surface area contributed by atoms with E-state index in [0.29, 0.717) is 17.7 Å². The van der Waals surface area contributed by atoms with Gasteiger partial charge >= 0.3 is 5.97 Å². The second-order valence-corrected chi connectivity index (χ2v) is 19.8. The van der Waals surface area contributed by atoms with Gasteiger partial charge in [-0.3, -0.25) is 38.4 Å². The smallest absolute Gasteiger partial charge is 0.313 e. The number of amides is 3. The van der Waals surface area contributed by atoms with Crippen LogP contribution in [0.2, 0.25) is 0 Å². The summed E-state index contributed by atoms with van der Waals surface area (Å²) in [7, 11) is 3.18. The van der Waals surface area contributed by atoms with Gasteiger partial charge in [0.2, 0.25) is 23.5 Å². The van der Waals surface area contributed by atoms with Gasteiger partial charge in [0.05, 0.1) is 17.7 Å².